The first kappa shape index (κ1) is 21.8. The third-order valence-corrected chi connectivity index (χ3v) is 5.36. The Labute approximate surface area is 182 Å². The molecule has 0 atom stereocenters. The molecule has 1 aliphatic heterocycles. The molecule has 0 saturated carbocycles. The Morgan fingerprint density at radius 3 is 2.40 bits per heavy atom. The van der Waals surface area contributed by atoms with Crippen molar-refractivity contribution < 1.29 is 9.53 Å². The number of methoxy groups -OCH3 is 1. The van der Waals surface area contributed by atoms with Gasteiger partial charge in [-0.25, -0.2) is 0 Å². The van der Waals surface area contributed by atoms with Crippen molar-refractivity contribution in [2.45, 2.75) is 0 Å². The number of carbonyl (C=O) groups is 1. The zero-order valence-corrected chi connectivity index (χ0v) is 18.2. The lowest BCUT2D eigenvalue weighted by Gasteiger charge is -2.38. The number of guanidine groups is 1. The molecule has 1 fully saturated rings. The van der Waals surface area contributed by atoms with Gasteiger partial charge in [0.15, 0.2) is 5.96 Å². The van der Waals surface area contributed by atoms with E-state index in [4.69, 9.17) is 16.3 Å². The van der Waals surface area contributed by atoms with Gasteiger partial charge >= 0.3 is 0 Å². The predicted octanol–water partition coefficient (Wildman–Crippen LogP) is 2.48. The Balaban J connectivity index is 1.45. The minimum absolute atomic E-state index is 0.178. The van der Waals surface area contributed by atoms with E-state index in [0.29, 0.717) is 23.7 Å². The molecule has 7 nitrogen and oxygen atoms in total. The molecule has 0 aromatic heterocycles. The first-order chi connectivity index (χ1) is 14.6. The molecule has 1 saturated heterocycles. The van der Waals surface area contributed by atoms with Gasteiger partial charge in [0.1, 0.15) is 5.75 Å². The normalized spacial score (nSPS) is 14.4. The van der Waals surface area contributed by atoms with Crippen LogP contribution in [0.1, 0.15) is 10.4 Å². The van der Waals surface area contributed by atoms with Crippen molar-refractivity contribution in [3.05, 3.63) is 59.1 Å². The zero-order chi connectivity index (χ0) is 21.3. The van der Waals surface area contributed by atoms with Gasteiger partial charge in [-0.3, -0.25) is 9.79 Å². The number of halogens is 1. The van der Waals surface area contributed by atoms with Crippen molar-refractivity contribution in [2.75, 3.05) is 58.3 Å². The largest absolute Gasteiger partial charge is 0.495 e. The van der Waals surface area contributed by atoms with Crippen LogP contribution in [0.25, 0.3) is 0 Å². The topological polar surface area (TPSA) is 69.2 Å². The van der Waals surface area contributed by atoms with Gasteiger partial charge in [-0.15, -0.1) is 0 Å². The fourth-order valence-electron chi connectivity index (χ4n) is 3.47. The van der Waals surface area contributed by atoms with E-state index < -0.39 is 0 Å². The van der Waals surface area contributed by atoms with Crippen LogP contribution in [0.2, 0.25) is 5.02 Å². The summed E-state index contributed by atoms with van der Waals surface area (Å²) in [5.41, 5.74) is 1.60. The third kappa shape index (κ3) is 5.36. The van der Waals surface area contributed by atoms with Crippen molar-refractivity contribution in [3.63, 3.8) is 0 Å². The first-order valence-corrected chi connectivity index (χ1v) is 10.4. The highest BCUT2D eigenvalue weighted by Crippen LogP contribution is 2.28. The Hall–Kier alpha value is -2.93. The van der Waals surface area contributed by atoms with E-state index in [-0.39, 0.29) is 5.91 Å². The van der Waals surface area contributed by atoms with E-state index in [1.165, 1.54) is 0 Å². The molecule has 1 aliphatic rings. The summed E-state index contributed by atoms with van der Waals surface area (Å²) in [6.07, 6.45) is 0. The van der Waals surface area contributed by atoms with E-state index in [1.807, 2.05) is 18.2 Å². The Morgan fingerprint density at radius 1 is 1.03 bits per heavy atom. The molecule has 2 N–H and O–H groups in total. The van der Waals surface area contributed by atoms with Gasteiger partial charge in [-0.1, -0.05) is 35.9 Å². The maximum absolute atomic E-state index is 12.2. The number of ether oxygens (including phenoxy) is 1. The molecule has 1 amide bonds. The van der Waals surface area contributed by atoms with Gasteiger partial charge in [0, 0.05) is 46.3 Å². The molecular weight excluding hydrogens is 402 g/mol. The molecule has 2 aromatic rings. The summed E-state index contributed by atoms with van der Waals surface area (Å²) < 4.78 is 5.48. The van der Waals surface area contributed by atoms with E-state index in [1.54, 1.807) is 38.4 Å². The van der Waals surface area contributed by atoms with Crippen LogP contribution in [-0.4, -0.2) is 70.2 Å². The molecule has 30 heavy (non-hydrogen) atoms. The first-order valence-electron chi connectivity index (χ1n) is 10.0. The highest BCUT2D eigenvalue weighted by atomic mass is 35.5. The number of benzene rings is 2. The fraction of sp³-hybridized carbons (Fsp3) is 0.364. The van der Waals surface area contributed by atoms with Gasteiger partial charge in [0.25, 0.3) is 5.91 Å². The number of amides is 1. The van der Waals surface area contributed by atoms with Gasteiger partial charge in [-0.2, -0.15) is 0 Å². The van der Waals surface area contributed by atoms with E-state index in [9.17, 15) is 4.79 Å². The zero-order valence-electron chi connectivity index (χ0n) is 17.4. The lowest BCUT2D eigenvalue weighted by molar-refractivity contribution is 0.0954. The smallest absolute Gasteiger partial charge is 0.252 e. The standard InChI is InChI=1S/C22H28ClN5O2/c1-24-22(26-12-11-25-21(29)17-7-3-4-8-18(17)23)28-15-13-27(14-16-28)19-9-5-6-10-20(19)30-2/h3-10H,11-16H2,1-2H3,(H,24,26)(H,25,29). The van der Waals surface area contributed by atoms with Crippen LogP contribution in [0.5, 0.6) is 5.75 Å². The number of carbonyl (C=O) groups excluding carboxylic acids is 1. The minimum atomic E-state index is -0.178. The maximum Gasteiger partial charge on any atom is 0.252 e. The number of aliphatic imine (C=N–C) groups is 1. The van der Waals surface area contributed by atoms with E-state index in [0.717, 1.165) is 43.6 Å². The summed E-state index contributed by atoms with van der Waals surface area (Å²) in [5.74, 6) is 1.55. The van der Waals surface area contributed by atoms with Crippen molar-refractivity contribution in [2.24, 2.45) is 4.99 Å². The van der Waals surface area contributed by atoms with Crippen LogP contribution < -0.4 is 20.3 Å². The second-order valence-corrected chi connectivity index (χ2v) is 7.26. The molecule has 2 aromatic carbocycles. The molecule has 0 bridgehead atoms. The lowest BCUT2D eigenvalue weighted by Crippen LogP contribution is -2.53. The monoisotopic (exact) mass is 429 g/mol. The summed E-state index contributed by atoms with van der Waals surface area (Å²) in [6.45, 7) is 4.52. The van der Waals surface area contributed by atoms with Crippen LogP contribution in [0.3, 0.4) is 0 Å². The molecule has 8 heteroatoms. The molecular formula is C22H28ClN5O2. The molecule has 0 radical (unpaired) electrons. The summed E-state index contributed by atoms with van der Waals surface area (Å²) in [5, 5.41) is 6.66. The average Bonchev–Trinajstić information content (AvgIpc) is 2.79. The summed E-state index contributed by atoms with van der Waals surface area (Å²) >= 11 is 6.07. The molecule has 0 aliphatic carbocycles. The summed E-state index contributed by atoms with van der Waals surface area (Å²) in [4.78, 5) is 21.2. The molecule has 3 rings (SSSR count). The van der Waals surface area contributed by atoms with Crippen LogP contribution in [0.15, 0.2) is 53.5 Å². The Kier molecular flexibility index (Phi) is 7.79. The number of piperazine rings is 1. The van der Waals surface area contributed by atoms with Crippen molar-refractivity contribution in [1.82, 2.24) is 15.5 Å². The summed E-state index contributed by atoms with van der Waals surface area (Å²) in [6, 6.07) is 15.1. The number of anilines is 1. The van der Waals surface area contributed by atoms with Crippen LogP contribution >= 0.6 is 11.6 Å². The fourth-order valence-corrected chi connectivity index (χ4v) is 3.69. The predicted molar refractivity (Wildman–Crippen MR) is 122 cm³/mol. The Morgan fingerprint density at radius 2 is 1.70 bits per heavy atom. The van der Waals surface area contributed by atoms with Gasteiger partial charge < -0.3 is 25.2 Å². The number of para-hydroxylation sites is 2. The van der Waals surface area contributed by atoms with Crippen molar-refractivity contribution in [3.8, 4) is 5.75 Å². The van der Waals surface area contributed by atoms with Crippen molar-refractivity contribution in [1.29, 1.82) is 0 Å². The number of hydrogen-bond donors (Lipinski definition) is 2. The lowest BCUT2D eigenvalue weighted by atomic mass is 10.2. The average molecular weight is 430 g/mol. The van der Waals surface area contributed by atoms with E-state index >= 15 is 0 Å². The second kappa shape index (κ2) is 10.7. The van der Waals surface area contributed by atoms with Gasteiger partial charge in [0.05, 0.1) is 23.4 Å². The number of hydrogen-bond acceptors (Lipinski definition) is 4. The van der Waals surface area contributed by atoms with Crippen LogP contribution in [-0.2, 0) is 0 Å². The molecule has 0 unspecified atom stereocenters. The minimum Gasteiger partial charge on any atom is -0.495 e. The summed E-state index contributed by atoms with van der Waals surface area (Å²) in [7, 11) is 3.47. The third-order valence-electron chi connectivity index (χ3n) is 5.03. The number of nitrogens with zero attached hydrogens (tertiary/aromatic N) is 3. The van der Waals surface area contributed by atoms with E-state index in [2.05, 4.69) is 31.5 Å². The highest BCUT2D eigenvalue weighted by molar-refractivity contribution is 6.33. The van der Waals surface area contributed by atoms with Crippen molar-refractivity contribution >= 4 is 29.2 Å². The quantitative estimate of drug-likeness (QED) is 0.419. The Bertz CT molecular complexity index is 881. The van der Waals surface area contributed by atoms with Crippen LogP contribution in [0, 0.1) is 0 Å². The molecule has 1 heterocycles. The molecule has 0 spiro atoms. The number of rotatable bonds is 6. The van der Waals surface area contributed by atoms with Crippen LogP contribution in [0.4, 0.5) is 5.69 Å². The van der Waals surface area contributed by atoms with Gasteiger partial charge in [0.2, 0.25) is 0 Å². The SMILES string of the molecule is CN=C(NCCNC(=O)c1ccccc1Cl)N1CCN(c2ccccc2OC)CC1. The van der Waals surface area contributed by atoms with Gasteiger partial charge in [-0.05, 0) is 24.3 Å². The second-order valence-electron chi connectivity index (χ2n) is 6.86. The molecule has 160 valence electrons. The number of nitrogens with one attached hydrogen (secondary N) is 2. The maximum atomic E-state index is 12.2. The highest BCUT2D eigenvalue weighted by Gasteiger charge is 2.21.